The molecule has 1 rings (SSSR count). The summed E-state index contributed by atoms with van der Waals surface area (Å²) in [6.07, 6.45) is 1.03. The number of carbonyl (C=O) groups is 2. The zero-order valence-corrected chi connectivity index (χ0v) is 11.5. The van der Waals surface area contributed by atoms with Crippen molar-refractivity contribution in [1.29, 1.82) is 0 Å². The third-order valence-corrected chi connectivity index (χ3v) is 2.47. The average Bonchev–Trinajstić information content (AvgIpc) is 2.36. The number of esters is 2. The number of rotatable bonds is 4. The number of halogens is 1. The molecule has 0 fully saturated rings. The van der Waals surface area contributed by atoms with Crippen LogP contribution in [0, 0.1) is 0 Å². The molecule has 1 aromatic carbocycles. The molecule has 96 valence electrons. The van der Waals surface area contributed by atoms with E-state index < -0.39 is 11.9 Å². The van der Waals surface area contributed by atoms with E-state index in [0.717, 1.165) is 10.5 Å². The highest BCUT2D eigenvalue weighted by Gasteiger charge is 2.12. The van der Waals surface area contributed by atoms with Gasteiger partial charge >= 0.3 is 11.9 Å². The minimum absolute atomic E-state index is 0.00227. The summed E-state index contributed by atoms with van der Waals surface area (Å²) >= 11 is 3.30. The van der Waals surface area contributed by atoms with Crippen molar-refractivity contribution in [2.75, 3.05) is 19.5 Å². The van der Waals surface area contributed by atoms with Crippen LogP contribution in [-0.2, 0) is 19.1 Å². The molecule has 6 heteroatoms. The normalized spacial score (nSPS) is 10.7. The van der Waals surface area contributed by atoms with Gasteiger partial charge in [0.2, 0.25) is 0 Å². The Kier molecular flexibility index (Phi) is 5.38. The second-order valence-corrected chi connectivity index (χ2v) is 4.12. The minimum Gasteiger partial charge on any atom is -0.466 e. The molecule has 5 nitrogen and oxygen atoms in total. The first-order valence-electron chi connectivity index (χ1n) is 4.97. The molecule has 0 unspecified atom stereocenters. The molecule has 0 radical (unpaired) electrons. The number of hydrogen-bond donors (Lipinski definition) is 1. The standard InChI is InChI=1S/C12H12BrNO4/c1-17-11(15)7-10(12(16)18-2)14-9-5-3-4-8(13)6-9/h3-7,14H,1-2H3/b10-7+. The van der Waals surface area contributed by atoms with Crippen LogP contribution in [0.1, 0.15) is 0 Å². The Morgan fingerprint density at radius 1 is 1.28 bits per heavy atom. The maximum atomic E-state index is 11.5. The summed E-state index contributed by atoms with van der Waals surface area (Å²) in [5.74, 6) is -1.29. The van der Waals surface area contributed by atoms with Crippen LogP contribution < -0.4 is 5.32 Å². The van der Waals surface area contributed by atoms with Gasteiger partial charge < -0.3 is 14.8 Å². The van der Waals surface area contributed by atoms with Crippen LogP contribution >= 0.6 is 15.9 Å². The van der Waals surface area contributed by atoms with E-state index in [4.69, 9.17) is 0 Å². The van der Waals surface area contributed by atoms with Crippen molar-refractivity contribution >= 4 is 33.6 Å². The number of carbonyl (C=O) groups excluding carboxylic acids is 2. The van der Waals surface area contributed by atoms with Gasteiger partial charge in [0.1, 0.15) is 5.70 Å². The molecule has 0 heterocycles. The number of hydrogen-bond acceptors (Lipinski definition) is 5. The van der Waals surface area contributed by atoms with Gasteiger partial charge in [0.15, 0.2) is 0 Å². The minimum atomic E-state index is -0.652. The molecule has 1 N–H and O–H groups in total. The molecule has 0 aliphatic rings. The Morgan fingerprint density at radius 3 is 2.56 bits per heavy atom. The van der Waals surface area contributed by atoms with Gasteiger partial charge in [0.05, 0.1) is 20.3 Å². The lowest BCUT2D eigenvalue weighted by atomic mass is 10.3. The van der Waals surface area contributed by atoms with E-state index in [1.165, 1.54) is 14.2 Å². The smallest absolute Gasteiger partial charge is 0.354 e. The second kappa shape index (κ2) is 6.80. The van der Waals surface area contributed by atoms with Gasteiger partial charge in [0.25, 0.3) is 0 Å². The fourth-order valence-electron chi connectivity index (χ4n) is 1.15. The Balaban J connectivity index is 2.95. The largest absolute Gasteiger partial charge is 0.466 e. The van der Waals surface area contributed by atoms with Gasteiger partial charge in [-0.3, -0.25) is 0 Å². The van der Waals surface area contributed by atoms with Gasteiger partial charge in [-0.2, -0.15) is 0 Å². The van der Waals surface area contributed by atoms with Gasteiger partial charge in [-0.15, -0.1) is 0 Å². The van der Waals surface area contributed by atoms with Crippen molar-refractivity contribution in [1.82, 2.24) is 0 Å². The average molecular weight is 314 g/mol. The maximum Gasteiger partial charge on any atom is 0.354 e. The Morgan fingerprint density at radius 2 is 2.00 bits per heavy atom. The third-order valence-electron chi connectivity index (χ3n) is 1.97. The summed E-state index contributed by atoms with van der Waals surface area (Å²) in [4.78, 5) is 22.6. The summed E-state index contributed by atoms with van der Waals surface area (Å²) in [6, 6.07) is 7.14. The third kappa shape index (κ3) is 4.21. The number of ether oxygens (including phenoxy) is 2. The van der Waals surface area contributed by atoms with Crippen molar-refractivity contribution in [2.24, 2.45) is 0 Å². The van der Waals surface area contributed by atoms with Gasteiger partial charge in [0, 0.05) is 10.2 Å². The number of benzene rings is 1. The number of methoxy groups -OCH3 is 2. The summed E-state index contributed by atoms with van der Waals surface area (Å²) in [5.41, 5.74) is 0.646. The molecule has 0 bridgehead atoms. The lowest BCUT2D eigenvalue weighted by Crippen LogP contribution is -2.15. The predicted molar refractivity (Wildman–Crippen MR) is 69.9 cm³/mol. The SMILES string of the molecule is COC(=O)/C=C(/Nc1cccc(Br)c1)C(=O)OC. The first kappa shape index (κ1) is 14.2. The highest BCUT2D eigenvalue weighted by atomic mass is 79.9. The summed E-state index contributed by atoms with van der Waals surface area (Å²) < 4.78 is 9.88. The van der Waals surface area contributed by atoms with Crippen molar-refractivity contribution in [3.05, 3.63) is 40.5 Å². The molecule has 1 aromatic rings. The van der Waals surface area contributed by atoms with Crippen LogP contribution in [0.25, 0.3) is 0 Å². The van der Waals surface area contributed by atoms with E-state index in [1.807, 2.05) is 6.07 Å². The van der Waals surface area contributed by atoms with Crippen molar-refractivity contribution < 1.29 is 19.1 Å². The van der Waals surface area contributed by atoms with Crippen LogP contribution in [0.15, 0.2) is 40.5 Å². The van der Waals surface area contributed by atoms with E-state index in [-0.39, 0.29) is 5.70 Å². The lowest BCUT2D eigenvalue weighted by molar-refractivity contribution is -0.138. The van der Waals surface area contributed by atoms with E-state index in [1.54, 1.807) is 18.2 Å². The Hall–Kier alpha value is -1.82. The topological polar surface area (TPSA) is 64.6 Å². The van der Waals surface area contributed by atoms with E-state index >= 15 is 0 Å². The molecule has 0 aromatic heterocycles. The van der Waals surface area contributed by atoms with Crippen LogP contribution in [0.2, 0.25) is 0 Å². The molecule has 0 saturated heterocycles. The number of nitrogens with one attached hydrogen (secondary N) is 1. The summed E-state index contributed by atoms with van der Waals surface area (Å²) in [7, 11) is 2.46. The summed E-state index contributed by atoms with van der Waals surface area (Å²) in [6.45, 7) is 0. The van der Waals surface area contributed by atoms with Gasteiger partial charge in [-0.05, 0) is 18.2 Å². The Labute approximate surface area is 113 Å². The maximum absolute atomic E-state index is 11.5. The second-order valence-electron chi connectivity index (χ2n) is 3.21. The van der Waals surface area contributed by atoms with Crippen LogP contribution in [0.3, 0.4) is 0 Å². The predicted octanol–water partition coefficient (Wildman–Crippen LogP) is 2.09. The zero-order chi connectivity index (χ0) is 13.5. The van der Waals surface area contributed by atoms with Crippen molar-refractivity contribution in [3.8, 4) is 0 Å². The molecule has 18 heavy (non-hydrogen) atoms. The van der Waals surface area contributed by atoms with Crippen LogP contribution in [-0.4, -0.2) is 26.2 Å². The van der Waals surface area contributed by atoms with Crippen molar-refractivity contribution in [3.63, 3.8) is 0 Å². The fraction of sp³-hybridized carbons (Fsp3) is 0.167. The van der Waals surface area contributed by atoms with Gasteiger partial charge in [-0.25, -0.2) is 9.59 Å². The molecule has 0 amide bonds. The highest BCUT2D eigenvalue weighted by Crippen LogP contribution is 2.17. The number of anilines is 1. The monoisotopic (exact) mass is 313 g/mol. The van der Waals surface area contributed by atoms with E-state index in [9.17, 15) is 9.59 Å². The quantitative estimate of drug-likeness (QED) is 0.681. The summed E-state index contributed by atoms with van der Waals surface area (Å²) in [5, 5.41) is 2.79. The zero-order valence-electron chi connectivity index (χ0n) is 9.90. The molecule has 0 saturated carbocycles. The Bertz CT molecular complexity index is 485. The highest BCUT2D eigenvalue weighted by molar-refractivity contribution is 9.10. The molecular weight excluding hydrogens is 302 g/mol. The molecule has 0 aliphatic heterocycles. The molecule has 0 spiro atoms. The first-order chi connectivity index (χ1) is 8.56. The molecular formula is C12H12BrNO4. The van der Waals surface area contributed by atoms with E-state index in [0.29, 0.717) is 5.69 Å². The van der Waals surface area contributed by atoms with Gasteiger partial charge in [-0.1, -0.05) is 22.0 Å². The van der Waals surface area contributed by atoms with Crippen molar-refractivity contribution in [2.45, 2.75) is 0 Å². The molecule has 0 aliphatic carbocycles. The van der Waals surface area contributed by atoms with Crippen LogP contribution in [0.4, 0.5) is 5.69 Å². The fourth-order valence-corrected chi connectivity index (χ4v) is 1.55. The van der Waals surface area contributed by atoms with Crippen LogP contribution in [0.5, 0.6) is 0 Å². The lowest BCUT2D eigenvalue weighted by Gasteiger charge is -2.09. The van der Waals surface area contributed by atoms with E-state index in [2.05, 4.69) is 30.7 Å². The first-order valence-corrected chi connectivity index (χ1v) is 5.76. The molecule has 0 atom stereocenters.